The molecule has 0 atom stereocenters. The van der Waals surface area contributed by atoms with Crippen molar-refractivity contribution >= 4 is 0 Å². The normalized spacial score (nSPS) is 12.1. The summed E-state index contributed by atoms with van der Waals surface area (Å²) in [5, 5.41) is 3.24. The van der Waals surface area contributed by atoms with Crippen LogP contribution in [0, 0.1) is 5.41 Å². The number of hydrogen-bond acceptors (Lipinski definition) is 2. The van der Waals surface area contributed by atoms with E-state index in [2.05, 4.69) is 10.1 Å². The van der Waals surface area contributed by atoms with E-state index >= 15 is 0 Å². The smallest absolute Gasteiger partial charge is 0.322 e. The van der Waals surface area contributed by atoms with Gasteiger partial charge in [0.05, 0.1) is 6.61 Å². The molecule has 1 N–H and O–H groups in total. The minimum atomic E-state index is -2.69. The van der Waals surface area contributed by atoms with Crippen LogP contribution in [0.4, 0.5) is 8.78 Å². The molecule has 17 heavy (non-hydrogen) atoms. The van der Waals surface area contributed by atoms with Crippen LogP contribution in [0.1, 0.15) is 19.4 Å². The number of alkyl halides is 2. The Bertz CT molecular complexity index is 314. The molecule has 0 aromatic heterocycles. The van der Waals surface area contributed by atoms with E-state index in [0.29, 0.717) is 6.54 Å². The topological polar surface area (TPSA) is 21.3 Å². The number of hydrogen-bond donors (Lipinski definition) is 1. The Morgan fingerprint density at radius 2 is 1.88 bits per heavy atom. The molecule has 1 rings (SSSR count). The largest absolute Gasteiger partial charge is 0.345 e. The van der Waals surface area contributed by atoms with Crippen molar-refractivity contribution in [2.45, 2.75) is 27.0 Å². The molecular formula is C13H19F2NO. The number of nitrogens with one attached hydrogen (secondary N) is 1. The molecule has 0 aliphatic carbocycles. The third kappa shape index (κ3) is 6.34. The summed E-state index contributed by atoms with van der Waals surface area (Å²) in [4.78, 5) is 0. The van der Waals surface area contributed by atoms with Crippen molar-refractivity contribution in [3.8, 4) is 0 Å². The fraction of sp³-hybridized carbons (Fsp3) is 0.538. The summed E-state index contributed by atoms with van der Waals surface area (Å²) in [5.74, 6) is 0. The second-order valence-corrected chi connectivity index (χ2v) is 4.83. The first kappa shape index (κ1) is 14.1. The first-order chi connectivity index (χ1) is 7.99. The van der Waals surface area contributed by atoms with Crippen LogP contribution in [0.2, 0.25) is 0 Å². The van der Waals surface area contributed by atoms with Crippen molar-refractivity contribution in [2.75, 3.05) is 13.2 Å². The Balaban J connectivity index is 2.25. The van der Waals surface area contributed by atoms with Gasteiger partial charge in [0.25, 0.3) is 0 Å². The van der Waals surface area contributed by atoms with Gasteiger partial charge < -0.3 is 10.1 Å². The van der Waals surface area contributed by atoms with E-state index in [9.17, 15) is 8.78 Å². The van der Waals surface area contributed by atoms with Gasteiger partial charge in [-0.2, -0.15) is 8.78 Å². The van der Waals surface area contributed by atoms with Crippen molar-refractivity contribution in [2.24, 2.45) is 5.41 Å². The molecule has 1 aromatic carbocycles. The lowest BCUT2D eigenvalue weighted by atomic mass is 9.95. The summed E-state index contributed by atoms with van der Waals surface area (Å²) in [7, 11) is 0. The first-order valence-corrected chi connectivity index (χ1v) is 5.64. The van der Waals surface area contributed by atoms with Gasteiger partial charge in [0.1, 0.15) is 0 Å². The summed E-state index contributed by atoms with van der Waals surface area (Å²) < 4.78 is 28.2. The average Bonchev–Trinajstić information content (AvgIpc) is 2.28. The van der Waals surface area contributed by atoms with E-state index in [1.54, 1.807) is 0 Å². The summed E-state index contributed by atoms with van der Waals surface area (Å²) in [5.41, 5.74) is 0.878. The highest BCUT2D eigenvalue weighted by atomic mass is 19.3. The minimum Gasteiger partial charge on any atom is -0.322 e. The third-order valence-electron chi connectivity index (χ3n) is 2.38. The Morgan fingerprint density at radius 3 is 2.47 bits per heavy atom. The van der Waals surface area contributed by atoms with E-state index < -0.39 is 6.61 Å². The molecule has 0 fully saturated rings. The van der Waals surface area contributed by atoms with Crippen LogP contribution >= 0.6 is 0 Å². The molecule has 96 valence electrons. The fourth-order valence-corrected chi connectivity index (χ4v) is 1.48. The van der Waals surface area contributed by atoms with E-state index in [4.69, 9.17) is 0 Å². The lowest BCUT2D eigenvalue weighted by Crippen LogP contribution is -2.33. The number of halogens is 2. The van der Waals surface area contributed by atoms with Gasteiger partial charge in [0, 0.05) is 18.5 Å². The SMILES string of the molecule is CC(C)(CNCc1ccccc1)COC(F)F. The number of rotatable bonds is 7. The number of benzene rings is 1. The molecule has 0 bridgehead atoms. The van der Waals surface area contributed by atoms with Crippen molar-refractivity contribution < 1.29 is 13.5 Å². The van der Waals surface area contributed by atoms with E-state index in [1.807, 2.05) is 44.2 Å². The zero-order valence-corrected chi connectivity index (χ0v) is 10.2. The monoisotopic (exact) mass is 243 g/mol. The molecule has 0 saturated carbocycles. The molecule has 0 heterocycles. The molecule has 0 aliphatic rings. The van der Waals surface area contributed by atoms with Gasteiger partial charge >= 0.3 is 6.61 Å². The Hall–Kier alpha value is -1.00. The lowest BCUT2D eigenvalue weighted by Gasteiger charge is -2.24. The fourth-order valence-electron chi connectivity index (χ4n) is 1.48. The standard InChI is InChI=1S/C13H19F2NO/c1-13(2,10-17-12(14)15)9-16-8-11-6-4-3-5-7-11/h3-7,12,16H,8-10H2,1-2H3. The summed E-state index contributed by atoms with van der Waals surface area (Å²) >= 11 is 0. The van der Waals surface area contributed by atoms with Crippen LogP contribution in [-0.4, -0.2) is 19.8 Å². The zero-order chi connectivity index (χ0) is 12.7. The Morgan fingerprint density at radius 1 is 1.24 bits per heavy atom. The second kappa shape index (κ2) is 6.67. The maximum absolute atomic E-state index is 11.9. The predicted molar refractivity (Wildman–Crippen MR) is 63.9 cm³/mol. The van der Waals surface area contributed by atoms with Gasteiger partial charge in [-0.25, -0.2) is 0 Å². The zero-order valence-electron chi connectivity index (χ0n) is 10.2. The van der Waals surface area contributed by atoms with Crippen LogP contribution in [0.3, 0.4) is 0 Å². The highest BCUT2D eigenvalue weighted by Gasteiger charge is 2.19. The molecule has 0 saturated heterocycles. The molecule has 0 radical (unpaired) electrons. The van der Waals surface area contributed by atoms with Crippen LogP contribution in [-0.2, 0) is 11.3 Å². The van der Waals surface area contributed by atoms with Crippen LogP contribution < -0.4 is 5.32 Å². The second-order valence-electron chi connectivity index (χ2n) is 4.83. The van der Waals surface area contributed by atoms with Crippen LogP contribution in [0.5, 0.6) is 0 Å². The molecule has 2 nitrogen and oxygen atoms in total. The third-order valence-corrected chi connectivity index (χ3v) is 2.38. The van der Waals surface area contributed by atoms with Crippen molar-refractivity contribution in [3.63, 3.8) is 0 Å². The van der Waals surface area contributed by atoms with E-state index in [0.717, 1.165) is 6.54 Å². The minimum absolute atomic E-state index is 0.0481. The van der Waals surface area contributed by atoms with E-state index in [1.165, 1.54) is 5.56 Å². The molecule has 0 amide bonds. The summed E-state index contributed by atoms with van der Waals surface area (Å²) in [6.45, 7) is 2.52. The van der Waals surface area contributed by atoms with Crippen molar-refractivity contribution in [1.82, 2.24) is 5.32 Å². The first-order valence-electron chi connectivity index (χ1n) is 5.64. The summed E-state index contributed by atoms with van der Waals surface area (Å²) in [6.07, 6.45) is 0. The van der Waals surface area contributed by atoms with Gasteiger partial charge in [-0.1, -0.05) is 44.2 Å². The van der Waals surface area contributed by atoms with Crippen LogP contribution in [0.15, 0.2) is 30.3 Å². The van der Waals surface area contributed by atoms with Gasteiger partial charge in [-0.05, 0) is 5.56 Å². The highest BCUT2D eigenvalue weighted by molar-refractivity contribution is 5.14. The molecule has 0 aliphatic heterocycles. The van der Waals surface area contributed by atoms with Gasteiger partial charge in [0.15, 0.2) is 0 Å². The molecule has 1 aromatic rings. The van der Waals surface area contributed by atoms with Crippen LogP contribution in [0.25, 0.3) is 0 Å². The lowest BCUT2D eigenvalue weighted by molar-refractivity contribution is -0.147. The van der Waals surface area contributed by atoms with Crippen molar-refractivity contribution in [3.05, 3.63) is 35.9 Å². The maximum atomic E-state index is 11.9. The van der Waals surface area contributed by atoms with Crippen molar-refractivity contribution in [1.29, 1.82) is 0 Å². The highest BCUT2D eigenvalue weighted by Crippen LogP contribution is 2.16. The Labute approximate surface area is 101 Å². The maximum Gasteiger partial charge on any atom is 0.345 e. The molecular weight excluding hydrogens is 224 g/mol. The molecule has 4 heteroatoms. The number of ether oxygens (including phenoxy) is 1. The average molecular weight is 243 g/mol. The molecule has 0 spiro atoms. The van der Waals surface area contributed by atoms with Gasteiger partial charge in [-0.3, -0.25) is 0 Å². The summed E-state index contributed by atoms with van der Waals surface area (Å²) in [6, 6.07) is 9.96. The Kier molecular flexibility index (Phi) is 5.51. The predicted octanol–water partition coefficient (Wildman–Crippen LogP) is 3.04. The van der Waals surface area contributed by atoms with E-state index in [-0.39, 0.29) is 12.0 Å². The van der Waals surface area contributed by atoms with Gasteiger partial charge in [-0.15, -0.1) is 0 Å². The molecule has 0 unspecified atom stereocenters. The quantitative estimate of drug-likeness (QED) is 0.794. The van der Waals surface area contributed by atoms with Gasteiger partial charge in [0.2, 0.25) is 0 Å².